The van der Waals surface area contributed by atoms with Crippen molar-refractivity contribution < 1.29 is 29.9 Å². The van der Waals surface area contributed by atoms with Gasteiger partial charge in [-0.25, -0.2) is 0 Å². The molecule has 1 aliphatic rings. The fourth-order valence-electron chi connectivity index (χ4n) is 4.43. The molecule has 1 aromatic heterocycles. The lowest BCUT2D eigenvalue weighted by atomic mass is 9.82. The summed E-state index contributed by atoms with van der Waals surface area (Å²) in [5.41, 5.74) is 0.966. The third-order valence-corrected chi connectivity index (χ3v) is 8.00. The van der Waals surface area contributed by atoms with Crippen molar-refractivity contribution in [3.05, 3.63) is 69.1 Å². The fourth-order valence-corrected chi connectivity index (χ4v) is 5.68. The first-order valence-electron chi connectivity index (χ1n) is 10.9. The van der Waals surface area contributed by atoms with Gasteiger partial charge in [0, 0.05) is 33.7 Å². The van der Waals surface area contributed by atoms with Crippen LogP contribution in [0.5, 0.6) is 0 Å². The lowest BCUT2D eigenvalue weighted by Crippen LogP contribution is -2.69. The third kappa shape index (κ3) is 4.22. The van der Waals surface area contributed by atoms with Gasteiger partial charge in [-0.1, -0.05) is 36.7 Å². The molecule has 3 aromatic rings. The van der Waals surface area contributed by atoms with Crippen molar-refractivity contribution in [1.82, 2.24) is 0 Å². The normalized spacial score (nSPS) is 30.1. The standard InChI is InChI=1S/C25H29ClO6S/c1-4-14-5-8-20-16(9-14)12-18(33-20)11-15-10-17(6-7-19(15)26)25(31-3)23(30)21(28)22(29)24(2,13-27)32-25/h5-10,12,21-23,27-30H,4,11,13H2,1-3H3/t21?,22-,23+,24+,25-/m0/s1. The monoisotopic (exact) mass is 492 g/mol. The second kappa shape index (κ2) is 9.24. The minimum atomic E-state index is -1.80. The summed E-state index contributed by atoms with van der Waals surface area (Å²) in [4.78, 5) is 1.13. The van der Waals surface area contributed by atoms with E-state index in [2.05, 4.69) is 31.2 Å². The number of methoxy groups -OCH3 is 1. The lowest BCUT2D eigenvalue weighted by Gasteiger charge is -2.52. The lowest BCUT2D eigenvalue weighted by molar-refractivity contribution is -0.393. The number of hydrogen-bond donors (Lipinski definition) is 4. The molecule has 2 heterocycles. The molecule has 0 saturated carbocycles. The Morgan fingerprint density at radius 3 is 2.52 bits per heavy atom. The number of thiophene rings is 1. The molecule has 4 rings (SSSR count). The van der Waals surface area contributed by atoms with Crippen molar-refractivity contribution in [2.75, 3.05) is 13.7 Å². The van der Waals surface area contributed by atoms with Gasteiger partial charge in [0.25, 0.3) is 0 Å². The zero-order valence-corrected chi connectivity index (χ0v) is 20.4. The Hall–Kier alpha value is -1.55. The molecule has 33 heavy (non-hydrogen) atoms. The third-order valence-electron chi connectivity index (χ3n) is 6.52. The molecule has 1 fully saturated rings. The summed E-state index contributed by atoms with van der Waals surface area (Å²) in [6.45, 7) is 3.01. The number of halogens is 1. The summed E-state index contributed by atoms with van der Waals surface area (Å²) in [6, 6.07) is 13.7. The van der Waals surface area contributed by atoms with E-state index in [4.69, 9.17) is 21.1 Å². The molecular formula is C25H29ClO6S. The smallest absolute Gasteiger partial charge is 0.225 e. The Morgan fingerprint density at radius 1 is 1.09 bits per heavy atom. The van der Waals surface area contributed by atoms with Gasteiger partial charge in [0.15, 0.2) is 0 Å². The molecule has 1 aliphatic heterocycles. The maximum Gasteiger partial charge on any atom is 0.225 e. The van der Waals surface area contributed by atoms with Gasteiger partial charge >= 0.3 is 0 Å². The largest absolute Gasteiger partial charge is 0.393 e. The van der Waals surface area contributed by atoms with Crippen LogP contribution in [0.15, 0.2) is 42.5 Å². The minimum Gasteiger partial charge on any atom is -0.393 e. The van der Waals surface area contributed by atoms with E-state index >= 15 is 0 Å². The predicted octanol–water partition coefficient (Wildman–Crippen LogP) is 3.37. The van der Waals surface area contributed by atoms with Crippen LogP contribution in [0.2, 0.25) is 5.02 Å². The zero-order chi connectivity index (χ0) is 24.0. The minimum absolute atomic E-state index is 0.428. The van der Waals surface area contributed by atoms with E-state index in [9.17, 15) is 20.4 Å². The Bertz CT molecular complexity index is 1150. The van der Waals surface area contributed by atoms with E-state index in [1.54, 1.807) is 29.5 Å². The number of ether oxygens (including phenoxy) is 2. The molecular weight excluding hydrogens is 464 g/mol. The topological polar surface area (TPSA) is 99.4 Å². The van der Waals surface area contributed by atoms with Crippen LogP contribution in [-0.2, 0) is 28.1 Å². The van der Waals surface area contributed by atoms with Crippen LogP contribution < -0.4 is 0 Å². The average molecular weight is 493 g/mol. The summed E-state index contributed by atoms with van der Waals surface area (Å²) in [6.07, 6.45) is -3.15. The van der Waals surface area contributed by atoms with Crippen molar-refractivity contribution in [2.24, 2.45) is 0 Å². The summed E-state index contributed by atoms with van der Waals surface area (Å²) in [5, 5.41) is 43.3. The SMILES string of the molecule is CCc1ccc2sc(Cc3cc([C@]4(OC)O[C@](C)(CO)[C@@H](O)C(O)[C@H]4O)ccc3Cl)cc2c1. The summed E-state index contributed by atoms with van der Waals surface area (Å²) < 4.78 is 12.8. The van der Waals surface area contributed by atoms with E-state index in [0.717, 1.165) is 16.9 Å². The van der Waals surface area contributed by atoms with Gasteiger partial charge in [0.05, 0.1) is 6.61 Å². The Kier molecular flexibility index (Phi) is 6.88. The second-order valence-corrected chi connectivity index (χ2v) is 10.3. The van der Waals surface area contributed by atoms with Gasteiger partial charge in [-0.3, -0.25) is 0 Å². The average Bonchev–Trinajstić information content (AvgIpc) is 3.23. The van der Waals surface area contributed by atoms with Gasteiger partial charge < -0.3 is 29.9 Å². The molecule has 5 atom stereocenters. The first kappa shape index (κ1) is 24.6. The van der Waals surface area contributed by atoms with Gasteiger partial charge in [0.2, 0.25) is 5.79 Å². The van der Waals surface area contributed by atoms with E-state index in [0.29, 0.717) is 17.0 Å². The Labute approximate surface area is 202 Å². The van der Waals surface area contributed by atoms with Crippen molar-refractivity contribution in [3.8, 4) is 0 Å². The van der Waals surface area contributed by atoms with Gasteiger partial charge in [-0.15, -0.1) is 11.3 Å². The van der Waals surface area contributed by atoms with Gasteiger partial charge in [-0.05, 0) is 54.1 Å². The van der Waals surface area contributed by atoms with Crippen molar-refractivity contribution in [1.29, 1.82) is 0 Å². The summed E-state index contributed by atoms with van der Waals surface area (Å²) in [5.74, 6) is -1.80. The van der Waals surface area contributed by atoms with Crippen LogP contribution in [-0.4, -0.2) is 58.1 Å². The number of aliphatic hydroxyl groups is 4. The quantitative estimate of drug-likeness (QED) is 0.421. The van der Waals surface area contributed by atoms with Gasteiger partial charge in [0.1, 0.15) is 23.9 Å². The van der Waals surface area contributed by atoms with E-state index in [1.807, 2.05) is 0 Å². The van der Waals surface area contributed by atoms with Gasteiger partial charge in [-0.2, -0.15) is 0 Å². The van der Waals surface area contributed by atoms with Crippen molar-refractivity contribution in [2.45, 2.75) is 56.4 Å². The summed E-state index contributed by atoms with van der Waals surface area (Å²) >= 11 is 8.22. The molecule has 8 heteroatoms. The number of fused-ring (bicyclic) bond motifs is 1. The molecule has 0 bridgehead atoms. The molecule has 0 radical (unpaired) electrons. The molecule has 1 saturated heterocycles. The van der Waals surface area contributed by atoms with Crippen LogP contribution >= 0.6 is 22.9 Å². The predicted molar refractivity (Wildman–Crippen MR) is 129 cm³/mol. The first-order chi connectivity index (χ1) is 15.7. The maximum atomic E-state index is 10.9. The summed E-state index contributed by atoms with van der Waals surface area (Å²) in [7, 11) is 1.34. The molecule has 0 amide bonds. The fraction of sp³-hybridized carbons (Fsp3) is 0.440. The second-order valence-electron chi connectivity index (χ2n) is 8.75. The van der Waals surface area contributed by atoms with E-state index in [-0.39, 0.29) is 0 Å². The van der Waals surface area contributed by atoms with Crippen molar-refractivity contribution in [3.63, 3.8) is 0 Å². The number of aliphatic hydroxyl groups excluding tert-OH is 4. The maximum absolute atomic E-state index is 10.9. The molecule has 1 unspecified atom stereocenters. The molecule has 2 aromatic carbocycles. The highest BCUT2D eigenvalue weighted by atomic mass is 35.5. The van der Waals surface area contributed by atoms with Crippen LogP contribution in [0, 0.1) is 0 Å². The van der Waals surface area contributed by atoms with E-state index < -0.39 is 36.3 Å². The Balaban J connectivity index is 1.73. The highest BCUT2D eigenvalue weighted by molar-refractivity contribution is 7.19. The number of hydrogen-bond acceptors (Lipinski definition) is 7. The highest BCUT2D eigenvalue weighted by Crippen LogP contribution is 2.44. The van der Waals surface area contributed by atoms with Crippen LogP contribution in [0.25, 0.3) is 10.1 Å². The number of benzene rings is 2. The molecule has 4 N–H and O–H groups in total. The zero-order valence-electron chi connectivity index (χ0n) is 18.8. The molecule has 0 spiro atoms. The number of aryl methyl sites for hydroxylation is 1. The van der Waals surface area contributed by atoms with Crippen molar-refractivity contribution >= 4 is 33.0 Å². The molecule has 6 nitrogen and oxygen atoms in total. The molecule has 178 valence electrons. The first-order valence-corrected chi connectivity index (χ1v) is 12.1. The molecule has 0 aliphatic carbocycles. The highest BCUT2D eigenvalue weighted by Gasteiger charge is 2.59. The van der Waals surface area contributed by atoms with Crippen LogP contribution in [0.1, 0.15) is 35.4 Å². The number of rotatable bonds is 6. The Morgan fingerprint density at radius 2 is 1.85 bits per heavy atom. The van der Waals surface area contributed by atoms with Crippen LogP contribution in [0.3, 0.4) is 0 Å². The van der Waals surface area contributed by atoms with E-state index in [1.165, 1.54) is 29.7 Å². The van der Waals surface area contributed by atoms with Crippen LogP contribution in [0.4, 0.5) is 0 Å².